The van der Waals surface area contributed by atoms with Gasteiger partial charge in [0.2, 0.25) is 4.77 Å². The summed E-state index contributed by atoms with van der Waals surface area (Å²) >= 11 is 9.05. The van der Waals surface area contributed by atoms with Crippen molar-refractivity contribution in [3.63, 3.8) is 0 Å². The van der Waals surface area contributed by atoms with Crippen LogP contribution in [0.25, 0.3) is 11.4 Å². The van der Waals surface area contributed by atoms with Crippen LogP contribution in [0.5, 0.6) is 17.2 Å². The van der Waals surface area contributed by atoms with E-state index in [2.05, 4.69) is 31.6 Å². The van der Waals surface area contributed by atoms with E-state index >= 15 is 0 Å². The predicted molar refractivity (Wildman–Crippen MR) is 134 cm³/mol. The van der Waals surface area contributed by atoms with E-state index in [0.29, 0.717) is 41.0 Å². The van der Waals surface area contributed by atoms with Gasteiger partial charge in [0.1, 0.15) is 12.4 Å². The molecule has 0 fully saturated rings. The lowest BCUT2D eigenvalue weighted by Crippen LogP contribution is -2.16. The maximum Gasteiger partial charge on any atom is 0.214 e. The fourth-order valence-electron chi connectivity index (χ4n) is 3.37. The van der Waals surface area contributed by atoms with Crippen LogP contribution in [0.1, 0.15) is 11.1 Å². The van der Waals surface area contributed by atoms with Crippen LogP contribution in [0.2, 0.25) is 0 Å². The van der Waals surface area contributed by atoms with Crippen LogP contribution in [0, 0.1) is 4.77 Å². The lowest BCUT2D eigenvalue weighted by atomic mass is 10.2. The summed E-state index contributed by atoms with van der Waals surface area (Å²) in [6.07, 6.45) is 0. The number of ether oxygens (including phenoxy) is 3. The Kier molecular flexibility index (Phi) is 7.31. The molecular weight excluding hydrogens is 504 g/mol. The molecular formula is C24H23BrN4O3S. The van der Waals surface area contributed by atoms with Crippen LogP contribution >= 0.6 is 28.1 Å². The van der Waals surface area contributed by atoms with Crippen LogP contribution in [0.15, 0.2) is 71.2 Å². The van der Waals surface area contributed by atoms with E-state index in [1.807, 2.05) is 66.7 Å². The van der Waals surface area contributed by atoms with E-state index in [4.69, 9.17) is 26.4 Å². The Labute approximate surface area is 205 Å². The number of nitrogens with one attached hydrogen (secondary N) is 2. The number of aromatic nitrogens is 3. The number of hydrogen-bond donors (Lipinski definition) is 2. The van der Waals surface area contributed by atoms with Crippen molar-refractivity contribution in [1.29, 1.82) is 0 Å². The first-order chi connectivity index (χ1) is 16.1. The molecule has 0 aliphatic carbocycles. The molecule has 0 unspecified atom stereocenters. The Morgan fingerprint density at radius 3 is 2.45 bits per heavy atom. The van der Waals surface area contributed by atoms with Crippen molar-refractivity contribution >= 4 is 28.1 Å². The first kappa shape index (κ1) is 22.9. The molecule has 0 aliphatic heterocycles. The molecule has 4 rings (SSSR count). The monoisotopic (exact) mass is 526 g/mol. The van der Waals surface area contributed by atoms with Gasteiger partial charge in [0.05, 0.1) is 30.8 Å². The van der Waals surface area contributed by atoms with Crippen molar-refractivity contribution in [2.75, 3.05) is 19.6 Å². The zero-order chi connectivity index (χ0) is 23.2. The van der Waals surface area contributed by atoms with Crippen molar-refractivity contribution in [2.24, 2.45) is 0 Å². The van der Waals surface area contributed by atoms with Gasteiger partial charge in [-0.05, 0) is 63.5 Å². The Balaban J connectivity index is 1.54. The highest BCUT2D eigenvalue weighted by Crippen LogP contribution is 2.37. The molecule has 33 heavy (non-hydrogen) atoms. The van der Waals surface area contributed by atoms with Gasteiger partial charge in [0, 0.05) is 0 Å². The van der Waals surface area contributed by atoms with Gasteiger partial charge in [-0.25, -0.2) is 9.77 Å². The largest absolute Gasteiger partial charge is 0.496 e. The third kappa shape index (κ3) is 5.20. The average Bonchev–Trinajstić information content (AvgIpc) is 3.22. The molecule has 0 saturated heterocycles. The van der Waals surface area contributed by atoms with Gasteiger partial charge in [-0.3, -0.25) is 0 Å². The SMILES string of the molecule is COc1ccccc1-c1n[nH]c(=S)n1NCc1cc(Br)c(OCc2ccccc2)c(OC)c1. The van der Waals surface area contributed by atoms with Crippen molar-refractivity contribution in [1.82, 2.24) is 14.9 Å². The summed E-state index contributed by atoms with van der Waals surface area (Å²) in [6.45, 7) is 0.920. The summed E-state index contributed by atoms with van der Waals surface area (Å²) in [5, 5.41) is 7.22. The van der Waals surface area contributed by atoms with Gasteiger partial charge in [-0.2, -0.15) is 5.10 Å². The molecule has 0 bridgehead atoms. The van der Waals surface area contributed by atoms with Crippen LogP contribution in [0.3, 0.4) is 0 Å². The second-order valence-electron chi connectivity index (χ2n) is 7.11. The van der Waals surface area contributed by atoms with E-state index in [0.717, 1.165) is 21.2 Å². The fourth-order valence-corrected chi connectivity index (χ4v) is 4.17. The number of para-hydroxylation sites is 1. The first-order valence-electron chi connectivity index (χ1n) is 10.2. The molecule has 1 aromatic heterocycles. The molecule has 4 aromatic rings. The molecule has 0 amide bonds. The Hall–Kier alpha value is -3.30. The molecule has 0 atom stereocenters. The van der Waals surface area contributed by atoms with E-state index in [1.54, 1.807) is 18.9 Å². The minimum atomic E-state index is 0.444. The van der Waals surface area contributed by atoms with Gasteiger partial charge < -0.3 is 19.6 Å². The molecule has 0 saturated carbocycles. The highest BCUT2D eigenvalue weighted by atomic mass is 79.9. The smallest absolute Gasteiger partial charge is 0.214 e. The first-order valence-corrected chi connectivity index (χ1v) is 11.4. The van der Waals surface area contributed by atoms with Crippen molar-refractivity contribution in [3.8, 4) is 28.6 Å². The molecule has 2 N–H and O–H groups in total. The summed E-state index contributed by atoms with van der Waals surface area (Å²) in [5.74, 6) is 2.63. The minimum absolute atomic E-state index is 0.444. The number of H-pyrrole nitrogens is 1. The molecule has 3 aromatic carbocycles. The Morgan fingerprint density at radius 2 is 1.70 bits per heavy atom. The van der Waals surface area contributed by atoms with Gasteiger partial charge in [0.25, 0.3) is 0 Å². The van der Waals surface area contributed by atoms with E-state index in [-0.39, 0.29) is 0 Å². The van der Waals surface area contributed by atoms with E-state index < -0.39 is 0 Å². The summed E-state index contributed by atoms with van der Waals surface area (Å²) in [5.41, 5.74) is 6.20. The second kappa shape index (κ2) is 10.5. The molecule has 170 valence electrons. The maximum atomic E-state index is 6.03. The number of aromatic amines is 1. The van der Waals surface area contributed by atoms with Gasteiger partial charge in [0.15, 0.2) is 17.3 Å². The highest BCUT2D eigenvalue weighted by molar-refractivity contribution is 9.10. The number of halogens is 1. The number of rotatable bonds is 9. The van der Waals surface area contributed by atoms with Crippen LogP contribution in [0.4, 0.5) is 0 Å². The summed E-state index contributed by atoms with van der Waals surface area (Å²) in [7, 11) is 3.25. The quantitative estimate of drug-likeness (QED) is 0.272. The molecule has 1 heterocycles. The normalized spacial score (nSPS) is 10.6. The molecule has 0 radical (unpaired) electrons. The zero-order valence-electron chi connectivity index (χ0n) is 18.2. The summed E-state index contributed by atoms with van der Waals surface area (Å²) in [4.78, 5) is 0. The Morgan fingerprint density at radius 1 is 0.970 bits per heavy atom. The van der Waals surface area contributed by atoms with Gasteiger partial charge >= 0.3 is 0 Å². The standard InChI is InChI=1S/C24H23BrN4O3S/c1-30-20-11-7-6-10-18(20)23-27-28-24(33)29(23)26-14-17-12-19(25)22(21(13-17)31-2)32-15-16-8-4-3-5-9-16/h3-13,26H,14-15H2,1-2H3,(H,28,33). The van der Waals surface area contributed by atoms with Crippen molar-refractivity contribution < 1.29 is 14.2 Å². The number of benzene rings is 3. The van der Waals surface area contributed by atoms with Crippen LogP contribution in [-0.2, 0) is 13.2 Å². The number of hydrogen-bond acceptors (Lipinski definition) is 6. The third-order valence-corrected chi connectivity index (χ3v) is 5.84. The maximum absolute atomic E-state index is 6.03. The van der Waals surface area contributed by atoms with E-state index in [9.17, 15) is 0 Å². The van der Waals surface area contributed by atoms with Crippen LogP contribution < -0.4 is 19.6 Å². The number of methoxy groups -OCH3 is 2. The topological polar surface area (TPSA) is 73.3 Å². The lowest BCUT2D eigenvalue weighted by molar-refractivity contribution is 0.282. The molecule has 7 nitrogen and oxygen atoms in total. The summed E-state index contributed by atoms with van der Waals surface area (Å²) < 4.78 is 20.1. The van der Waals surface area contributed by atoms with Crippen molar-refractivity contribution in [2.45, 2.75) is 13.2 Å². The van der Waals surface area contributed by atoms with E-state index in [1.165, 1.54) is 0 Å². The third-order valence-electron chi connectivity index (χ3n) is 4.98. The second-order valence-corrected chi connectivity index (χ2v) is 8.35. The van der Waals surface area contributed by atoms with Crippen molar-refractivity contribution in [3.05, 3.63) is 87.1 Å². The van der Waals surface area contributed by atoms with Gasteiger partial charge in [-0.15, -0.1) is 0 Å². The van der Waals surface area contributed by atoms with Gasteiger partial charge in [-0.1, -0.05) is 42.5 Å². The fraction of sp³-hybridized carbons (Fsp3) is 0.167. The predicted octanol–water partition coefficient (Wildman–Crippen LogP) is 5.71. The molecule has 9 heteroatoms. The highest BCUT2D eigenvalue weighted by Gasteiger charge is 2.15. The Bertz CT molecular complexity index is 1290. The zero-order valence-corrected chi connectivity index (χ0v) is 20.6. The minimum Gasteiger partial charge on any atom is -0.496 e. The molecule has 0 spiro atoms. The average molecular weight is 527 g/mol. The lowest BCUT2D eigenvalue weighted by Gasteiger charge is -2.16. The van der Waals surface area contributed by atoms with Crippen LogP contribution in [-0.4, -0.2) is 29.1 Å². The summed E-state index contributed by atoms with van der Waals surface area (Å²) in [6, 6.07) is 21.6. The number of nitrogens with zero attached hydrogens (tertiary/aromatic N) is 2. The molecule has 0 aliphatic rings.